The third-order valence-corrected chi connectivity index (χ3v) is 4.20. The SMILES string of the molecule is CCNC(=NCc1cc(F)ccc1Br)NCCNC(=O)C1CC1. The molecule has 0 atom stereocenters. The summed E-state index contributed by atoms with van der Waals surface area (Å²) in [5, 5.41) is 9.17. The molecule has 1 aliphatic carbocycles. The molecule has 7 heteroatoms. The summed E-state index contributed by atoms with van der Waals surface area (Å²) in [6.07, 6.45) is 2.01. The molecule has 0 saturated heterocycles. The van der Waals surface area contributed by atoms with Gasteiger partial charge >= 0.3 is 0 Å². The van der Waals surface area contributed by atoms with Crippen molar-refractivity contribution in [2.75, 3.05) is 19.6 Å². The molecule has 0 aromatic heterocycles. The van der Waals surface area contributed by atoms with Crippen LogP contribution in [0.15, 0.2) is 27.7 Å². The second-order valence-electron chi connectivity index (χ2n) is 5.42. The Morgan fingerprint density at radius 3 is 2.74 bits per heavy atom. The van der Waals surface area contributed by atoms with Crippen LogP contribution in [0.1, 0.15) is 25.3 Å². The van der Waals surface area contributed by atoms with Crippen molar-refractivity contribution < 1.29 is 9.18 Å². The lowest BCUT2D eigenvalue weighted by atomic mass is 10.2. The molecule has 1 aromatic rings. The van der Waals surface area contributed by atoms with E-state index in [1.165, 1.54) is 12.1 Å². The van der Waals surface area contributed by atoms with Gasteiger partial charge in [0.05, 0.1) is 6.54 Å². The molecule has 0 radical (unpaired) electrons. The quantitative estimate of drug-likeness (QED) is 0.383. The van der Waals surface area contributed by atoms with Gasteiger partial charge in [-0.15, -0.1) is 0 Å². The van der Waals surface area contributed by atoms with Gasteiger partial charge in [0, 0.05) is 30.0 Å². The molecule has 1 saturated carbocycles. The van der Waals surface area contributed by atoms with Crippen molar-refractivity contribution in [3.8, 4) is 0 Å². The van der Waals surface area contributed by atoms with Crippen LogP contribution in [-0.2, 0) is 11.3 Å². The van der Waals surface area contributed by atoms with Gasteiger partial charge in [0.1, 0.15) is 5.82 Å². The molecule has 0 unspecified atom stereocenters. The molecular weight excluding hydrogens is 363 g/mol. The Morgan fingerprint density at radius 1 is 1.30 bits per heavy atom. The maximum atomic E-state index is 13.3. The Labute approximate surface area is 144 Å². The topological polar surface area (TPSA) is 65.5 Å². The zero-order chi connectivity index (χ0) is 16.7. The van der Waals surface area contributed by atoms with Crippen molar-refractivity contribution in [2.45, 2.75) is 26.3 Å². The number of halogens is 2. The first kappa shape index (κ1) is 17.7. The number of aliphatic imine (C=N–C) groups is 1. The summed E-state index contributed by atoms with van der Waals surface area (Å²) in [7, 11) is 0. The zero-order valence-corrected chi connectivity index (χ0v) is 14.7. The third kappa shape index (κ3) is 6.17. The number of nitrogens with zero attached hydrogens (tertiary/aromatic N) is 1. The minimum atomic E-state index is -0.279. The largest absolute Gasteiger partial charge is 0.357 e. The predicted molar refractivity (Wildman–Crippen MR) is 92.7 cm³/mol. The highest BCUT2D eigenvalue weighted by molar-refractivity contribution is 9.10. The highest BCUT2D eigenvalue weighted by atomic mass is 79.9. The third-order valence-electron chi connectivity index (χ3n) is 3.42. The number of hydrogen-bond donors (Lipinski definition) is 3. The molecular formula is C16H22BrFN4O. The van der Waals surface area contributed by atoms with Crippen LogP contribution < -0.4 is 16.0 Å². The molecule has 1 amide bonds. The van der Waals surface area contributed by atoms with Crippen LogP contribution in [0.5, 0.6) is 0 Å². The smallest absolute Gasteiger partial charge is 0.223 e. The normalized spacial score (nSPS) is 14.5. The fourth-order valence-corrected chi connectivity index (χ4v) is 2.40. The number of nitrogens with one attached hydrogen (secondary N) is 3. The van der Waals surface area contributed by atoms with Crippen molar-refractivity contribution in [1.29, 1.82) is 0 Å². The number of amides is 1. The van der Waals surface area contributed by atoms with Gasteiger partial charge in [-0.1, -0.05) is 15.9 Å². The molecule has 1 aliphatic rings. The molecule has 0 bridgehead atoms. The van der Waals surface area contributed by atoms with E-state index in [-0.39, 0.29) is 17.6 Å². The van der Waals surface area contributed by atoms with Crippen LogP contribution in [0.4, 0.5) is 4.39 Å². The predicted octanol–water partition coefficient (Wildman–Crippen LogP) is 2.17. The summed E-state index contributed by atoms with van der Waals surface area (Å²) in [6.45, 7) is 4.22. The van der Waals surface area contributed by atoms with Crippen molar-refractivity contribution in [3.05, 3.63) is 34.1 Å². The van der Waals surface area contributed by atoms with E-state index in [0.717, 1.165) is 29.4 Å². The zero-order valence-electron chi connectivity index (χ0n) is 13.2. The Hall–Kier alpha value is -1.63. The van der Waals surface area contributed by atoms with Crippen LogP contribution in [0, 0.1) is 11.7 Å². The monoisotopic (exact) mass is 384 g/mol. The fraction of sp³-hybridized carbons (Fsp3) is 0.500. The standard InChI is InChI=1S/C16H22BrFN4O/c1-2-19-16(21-8-7-20-15(23)11-3-4-11)22-10-12-9-13(18)5-6-14(12)17/h5-6,9,11H,2-4,7-8,10H2,1H3,(H,20,23)(H2,19,21,22). The van der Waals surface area contributed by atoms with E-state index in [4.69, 9.17) is 0 Å². The lowest BCUT2D eigenvalue weighted by Gasteiger charge is -2.12. The van der Waals surface area contributed by atoms with Crippen molar-refractivity contribution in [2.24, 2.45) is 10.9 Å². The van der Waals surface area contributed by atoms with Crippen molar-refractivity contribution in [1.82, 2.24) is 16.0 Å². The number of carbonyl (C=O) groups is 1. The highest BCUT2D eigenvalue weighted by Crippen LogP contribution is 2.28. The summed E-state index contributed by atoms with van der Waals surface area (Å²) >= 11 is 3.39. The van der Waals surface area contributed by atoms with Gasteiger partial charge in [0.15, 0.2) is 5.96 Å². The lowest BCUT2D eigenvalue weighted by molar-refractivity contribution is -0.122. The van der Waals surface area contributed by atoms with E-state index in [2.05, 4.69) is 36.9 Å². The maximum absolute atomic E-state index is 13.3. The first-order chi connectivity index (χ1) is 11.1. The van der Waals surface area contributed by atoms with Gasteiger partial charge < -0.3 is 16.0 Å². The number of carbonyl (C=O) groups excluding carboxylic acids is 1. The van der Waals surface area contributed by atoms with Crippen LogP contribution >= 0.6 is 15.9 Å². The molecule has 3 N–H and O–H groups in total. The van der Waals surface area contributed by atoms with Gasteiger partial charge in [-0.25, -0.2) is 9.38 Å². The van der Waals surface area contributed by atoms with E-state index in [1.807, 2.05) is 6.92 Å². The van der Waals surface area contributed by atoms with E-state index in [0.29, 0.717) is 25.6 Å². The van der Waals surface area contributed by atoms with Gasteiger partial charge in [-0.3, -0.25) is 4.79 Å². The molecule has 126 valence electrons. The molecule has 0 heterocycles. The minimum absolute atomic E-state index is 0.137. The Balaban J connectivity index is 1.81. The molecule has 5 nitrogen and oxygen atoms in total. The van der Waals surface area contributed by atoms with E-state index in [1.54, 1.807) is 6.07 Å². The summed E-state index contributed by atoms with van der Waals surface area (Å²) in [4.78, 5) is 16.0. The van der Waals surface area contributed by atoms with Gasteiger partial charge in [0.25, 0.3) is 0 Å². The van der Waals surface area contributed by atoms with Gasteiger partial charge in [0.2, 0.25) is 5.91 Å². The second kappa shape index (κ2) is 8.86. The average Bonchev–Trinajstić information content (AvgIpc) is 3.36. The Kier molecular flexibility index (Phi) is 6.83. The van der Waals surface area contributed by atoms with Crippen LogP contribution in [-0.4, -0.2) is 31.5 Å². The Bertz CT molecular complexity index is 575. The molecule has 23 heavy (non-hydrogen) atoms. The van der Waals surface area contributed by atoms with E-state index >= 15 is 0 Å². The second-order valence-corrected chi connectivity index (χ2v) is 6.28. The number of rotatable bonds is 7. The summed E-state index contributed by atoms with van der Waals surface area (Å²) in [6, 6.07) is 4.55. The summed E-state index contributed by atoms with van der Waals surface area (Å²) in [5.41, 5.74) is 0.782. The summed E-state index contributed by atoms with van der Waals surface area (Å²) in [5.74, 6) is 0.725. The first-order valence-electron chi connectivity index (χ1n) is 7.84. The lowest BCUT2D eigenvalue weighted by Crippen LogP contribution is -2.41. The fourth-order valence-electron chi connectivity index (χ4n) is 2.03. The molecule has 1 fully saturated rings. The van der Waals surface area contributed by atoms with Crippen molar-refractivity contribution in [3.63, 3.8) is 0 Å². The van der Waals surface area contributed by atoms with Crippen LogP contribution in [0.3, 0.4) is 0 Å². The van der Waals surface area contributed by atoms with Gasteiger partial charge in [-0.05, 0) is 43.5 Å². The number of guanidine groups is 1. The van der Waals surface area contributed by atoms with Crippen LogP contribution in [0.25, 0.3) is 0 Å². The van der Waals surface area contributed by atoms with E-state index < -0.39 is 0 Å². The molecule has 0 aliphatic heterocycles. The molecule has 0 spiro atoms. The first-order valence-corrected chi connectivity index (χ1v) is 8.63. The van der Waals surface area contributed by atoms with Crippen molar-refractivity contribution >= 4 is 27.8 Å². The van der Waals surface area contributed by atoms with E-state index in [9.17, 15) is 9.18 Å². The molecule has 2 rings (SSSR count). The average molecular weight is 385 g/mol. The maximum Gasteiger partial charge on any atom is 0.223 e. The molecule has 1 aromatic carbocycles. The minimum Gasteiger partial charge on any atom is -0.357 e. The number of benzene rings is 1. The highest BCUT2D eigenvalue weighted by Gasteiger charge is 2.28. The summed E-state index contributed by atoms with van der Waals surface area (Å²) < 4.78 is 14.1. The van der Waals surface area contributed by atoms with Crippen LogP contribution in [0.2, 0.25) is 0 Å². The van der Waals surface area contributed by atoms with Gasteiger partial charge in [-0.2, -0.15) is 0 Å². The number of hydrogen-bond acceptors (Lipinski definition) is 2. The Morgan fingerprint density at radius 2 is 2.04 bits per heavy atom.